The lowest BCUT2D eigenvalue weighted by Crippen LogP contribution is -2.24. The molecule has 1 aromatic heterocycles. The predicted octanol–water partition coefficient (Wildman–Crippen LogP) is 5.98. The smallest absolute Gasteiger partial charge is 0.259 e. The van der Waals surface area contributed by atoms with Crippen LogP contribution in [0.4, 0.5) is 5.69 Å². The van der Waals surface area contributed by atoms with E-state index in [0.717, 1.165) is 41.2 Å². The molecule has 3 aromatic rings. The molecule has 0 saturated heterocycles. The quantitative estimate of drug-likeness (QED) is 0.362. The van der Waals surface area contributed by atoms with Gasteiger partial charge in [0.05, 0.1) is 0 Å². The Hall–Kier alpha value is -3.10. The zero-order chi connectivity index (χ0) is 21.7. The highest BCUT2D eigenvalue weighted by Gasteiger charge is 2.13. The average molecular weight is 418 g/mol. The van der Waals surface area contributed by atoms with Gasteiger partial charge >= 0.3 is 0 Å². The summed E-state index contributed by atoms with van der Waals surface area (Å²) >= 11 is 1.56. The van der Waals surface area contributed by atoms with Crippen molar-refractivity contribution in [1.82, 2.24) is 0 Å². The average Bonchev–Trinajstić information content (AvgIpc) is 3.23. The maximum atomic E-state index is 11.5. The van der Waals surface area contributed by atoms with Crippen LogP contribution in [0.5, 0.6) is 0 Å². The molecule has 0 bridgehead atoms. The number of rotatable bonds is 8. The zero-order valence-corrected chi connectivity index (χ0v) is 18.6. The highest BCUT2D eigenvalue weighted by molar-refractivity contribution is 7.16. The number of allylic oxidation sites excluding steroid dienone is 1. The molecule has 5 heteroatoms. The van der Waals surface area contributed by atoms with E-state index in [1.54, 1.807) is 18.3 Å². The number of thiophene rings is 1. The second-order valence-electron chi connectivity index (χ2n) is 7.37. The van der Waals surface area contributed by atoms with Gasteiger partial charge in [-0.2, -0.15) is 5.26 Å². The fraction of sp³-hybridized carbons (Fsp3) is 0.280. The van der Waals surface area contributed by atoms with Crippen LogP contribution in [-0.4, -0.2) is 19.0 Å². The number of carbonyl (C=O) groups is 1. The maximum Gasteiger partial charge on any atom is 0.259 e. The van der Waals surface area contributed by atoms with E-state index in [1.165, 1.54) is 16.5 Å². The summed E-state index contributed by atoms with van der Waals surface area (Å²) in [4.78, 5) is 15.9. The van der Waals surface area contributed by atoms with Crippen molar-refractivity contribution in [2.75, 3.05) is 18.0 Å². The van der Waals surface area contributed by atoms with Crippen LogP contribution in [0.1, 0.15) is 38.5 Å². The van der Waals surface area contributed by atoms with Crippen molar-refractivity contribution < 1.29 is 4.79 Å². The first kappa shape index (κ1) is 21.6. The summed E-state index contributed by atoms with van der Waals surface area (Å²) in [5.74, 6) is -0.688. The fourth-order valence-corrected chi connectivity index (χ4v) is 4.64. The van der Waals surface area contributed by atoms with Gasteiger partial charge < -0.3 is 10.6 Å². The zero-order valence-electron chi connectivity index (χ0n) is 17.7. The first-order valence-corrected chi connectivity index (χ1v) is 11.1. The lowest BCUT2D eigenvalue weighted by Gasteiger charge is -2.24. The first-order chi connectivity index (χ1) is 14.5. The van der Waals surface area contributed by atoms with Crippen LogP contribution in [0.3, 0.4) is 0 Å². The van der Waals surface area contributed by atoms with Crippen molar-refractivity contribution in [3.05, 3.63) is 59.0 Å². The van der Waals surface area contributed by atoms with Crippen molar-refractivity contribution in [2.24, 2.45) is 5.73 Å². The van der Waals surface area contributed by atoms with Gasteiger partial charge in [0, 0.05) is 28.5 Å². The molecule has 154 valence electrons. The number of anilines is 1. The number of nitrogens with two attached hydrogens (primary N) is 1. The summed E-state index contributed by atoms with van der Waals surface area (Å²) in [5.41, 5.74) is 8.35. The minimum absolute atomic E-state index is 0.0122. The first-order valence-electron chi connectivity index (χ1n) is 10.3. The molecule has 1 heterocycles. The lowest BCUT2D eigenvalue weighted by molar-refractivity contribution is -0.114. The number of nitriles is 1. The Morgan fingerprint density at radius 2 is 1.70 bits per heavy atom. The molecule has 0 spiro atoms. The predicted molar refractivity (Wildman–Crippen MR) is 127 cm³/mol. The number of carbonyl (C=O) groups excluding carboxylic acids is 1. The Balaban J connectivity index is 1.94. The van der Waals surface area contributed by atoms with Crippen molar-refractivity contribution in [3.63, 3.8) is 0 Å². The normalized spacial score (nSPS) is 11.8. The maximum absolute atomic E-state index is 11.5. The molecule has 0 aliphatic heterocycles. The number of benzene rings is 2. The fourth-order valence-electron chi connectivity index (χ4n) is 3.63. The summed E-state index contributed by atoms with van der Waals surface area (Å²) in [6.07, 6.45) is 2.27. The number of nitrogens with zero attached hydrogens (tertiary/aromatic N) is 2. The molecule has 0 unspecified atom stereocenters. The Morgan fingerprint density at radius 1 is 1.03 bits per heavy atom. The van der Waals surface area contributed by atoms with Crippen molar-refractivity contribution in [3.8, 4) is 16.5 Å². The Bertz CT molecular complexity index is 1130. The molecule has 2 N–H and O–H groups in total. The van der Waals surface area contributed by atoms with Gasteiger partial charge in [0.1, 0.15) is 11.6 Å². The van der Waals surface area contributed by atoms with Gasteiger partial charge in [-0.3, -0.25) is 4.79 Å². The van der Waals surface area contributed by atoms with E-state index in [1.807, 2.05) is 18.2 Å². The third-order valence-corrected chi connectivity index (χ3v) is 6.42. The molecular formula is C25H27N3OS. The van der Waals surface area contributed by atoms with Gasteiger partial charge in [-0.1, -0.05) is 32.0 Å². The third kappa shape index (κ3) is 4.55. The minimum atomic E-state index is -0.688. The molecule has 0 fully saturated rings. The van der Waals surface area contributed by atoms with E-state index in [0.29, 0.717) is 5.57 Å². The Morgan fingerprint density at radius 3 is 2.33 bits per heavy atom. The van der Waals surface area contributed by atoms with Gasteiger partial charge in [0.15, 0.2) is 0 Å². The van der Waals surface area contributed by atoms with Crippen LogP contribution in [0.15, 0.2) is 54.1 Å². The van der Waals surface area contributed by atoms with Crippen LogP contribution < -0.4 is 10.6 Å². The van der Waals surface area contributed by atoms with Crippen LogP contribution in [0, 0.1) is 11.3 Å². The van der Waals surface area contributed by atoms with Gasteiger partial charge in [-0.05, 0) is 72.0 Å². The number of amides is 1. The van der Waals surface area contributed by atoms with E-state index in [9.17, 15) is 10.1 Å². The van der Waals surface area contributed by atoms with Gasteiger partial charge in [-0.25, -0.2) is 0 Å². The van der Waals surface area contributed by atoms with Crippen molar-refractivity contribution in [2.45, 2.75) is 33.6 Å². The topological polar surface area (TPSA) is 70.1 Å². The summed E-state index contributed by atoms with van der Waals surface area (Å²) < 4.78 is 0. The van der Waals surface area contributed by atoms with E-state index in [2.05, 4.69) is 55.1 Å². The molecular weight excluding hydrogens is 390 g/mol. The monoisotopic (exact) mass is 417 g/mol. The van der Waals surface area contributed by atoms with Crippen LogP contribution in [-0.2, 0) is 4.79 Å². The molecule has 3 rings (SSSR count). The van der Waals surface area contributed by atoms with Crippen LogP contribution in [0.2, 0.25) is 0 Å². The standard InChI is InChI=1S/C25H27N3OS/c1-4-12-28(13-5-2)21-9-8-18-14-20(7-6-19(18)15-21)24-11-10-23(30-24)17(3)22(16-26)25(27)29/h6-11,14-15H,4-5,12-13H2,1-3H3,(H2,27,29)/b22-17+. The summed E-state index contributed by atoms with van der Waals surface area (Å²) in [6.45, 7) is 8.33. The summed E-state index contributed by atoms with van der Waals surface area (Å²) in [5, 5.41) is 11.6. The van der Waals surface area contributed by atoms with E-state index in [-0.39, 0.29) is 5.57 Å². The number of fused-ring (bicyclic) bond motifs is 1. The van der Waals surface area contributed by atoms with Gasteiger partial charge in [0.25, 0.3) is 5.91 Å². The van der Waals surface area contributed by atoms with Crippen molar-refractivity contribution >= 4 is 39.3 Å². The number of primary amides is 1. The summed E-state index contributed by atoms with van der Waals surface area (Å²) in [7, 11) is 0. The Labute approximate surface area is 182 Å². The van der Waals surface area contributed by atoms with Crippen molar-refractivity contribution in [1.29, 1.82) is 5.26 Å². The van der Waals surface area contributed by atoms with Gasteiger partial charge in [0.2, 0.25) is 0 Å². The van der Waals surface area contributed by atoms with E-state index >= 15 is 0 Å². The highest BCUT2D eigenvalue weighted by Crippen LogP contribution is 2.35. The molecule has 0 saturated carbocycles. The molecule has 1 amide bonds. The molecule has 0 aliphatic carbocycles. The van der Waals surface area contributed by atoms with E-state index < -0.39 is 5.91 Å². The second-order valence-corrected chi connectivity index (χ2v) is 8.46. The van der Waals surface area contributed by atoms with Gasteiger partial charge in [-0.15, -0.1) is 11.3 Å². The third-order valence-electron chi connectivity index (χ3n) is 5.17. The molecule has 0 radical (unpaired) electrons. The number of hydrogen-bond acceptors (Lipinski definition) is 4. The number of hydrogen-bond donors (Lipinski definition) is 1. The molecule has 2 aromatic carbocycles. The largest absolute Gasteiger partial charge is 0.372 e. The molecule has 4 nitrogen and oxygen atoms in total. The molecule has 0 aliphatic rings. The Kier molecular flexibility index (Phi) is 6.91. The minimum Gasteiger partial charge on any atom is -0.372 e. The SMILES string of the molecule is CCCN(CCC)c1ccc2cc(-c3ccc(/C(C)=C(\C#N)C(N)=O)s3)ccc2c1. The highest BCUT2D eigenvalue weighted by atomic mass is 32.1. The van der Waals surface area contributed by atoms with Crippen LogP contribution >= 0.6 is 11.3 Å². The molecule has 30 heavy (non-hydrogen) atoms. The lowest BCUT2D eigenvalue weighted by atomic mass is 10.0. The molecule has 0 atom stereocenters. The van der Waals surface area contributed by atoms with Crippen LogP contribution in [0.25, 0.3) is 26.8 Å². The second kappa shape index (κ2) is 9.60. The summed E-state index contributed by atoms with van der Waals surface area (Å²) in [6, 6.07) is 19.0. The van der Waals surface area contributed by atoms with E-state index in [4.69, 9.17) is 5.73 Å².